The molecular formula is C15H23NO3. The molecule has 1 rings (SSSR count). The van der Waals surface area contributed by atoms with E-state index in [2.05, 4.69) is 0 Å². The number of aliphatic hydroxyl groups is 1. The van der Waals surface area contributed by atoms with Crippen LogP contribution in [-0.2, 0) is 4.79 Å². The molecule has 19 heavy (non-hydrogen) atoms. The molecule has 0 unspecified atom stereocenters. The molecule has 0 bridgehead atoms. The summed E-state index contributed by atoms with van der Waals surface area (Å²) in [6.45, 7) is 8.09. The van der Waals surface area contributed by atoms with Crippen LogP contribution in [0.5, 0.6) is 5.75 Å². The van der Waals surface area contributed by atoms with E-state index in [1.807, 2.05) is 45.9 Å². The maximum absolute atomic E-state index is 12.0. The van der Waals surface area contributed by atoms with Crippen molar-refractivity contribution in [3.63, 3.8) is 0 Å². The molecular weight excluding hydrogens is 242 g/mol. The van der Waals surface area contributed by atoms with Crippen LogP contribution in [-0.4, -0.2) is 41.7 Å². The van der Waals surface area contributed by atoms with Gasteiger partial charge < -0.3 is 14.7 Å². The van der Waals surface area contributed by atoms with Crippen LogP contribution in [0.3, 0.4) is 0 Å². The minimum Gasteiger partial charge on any atom is -0.483 e. The number of amides is 1. The van der Waals surface area contributed by atoms with Gasteiger partial charge >= 0.3 is 0 Å². The monoisotopic (exact) mass is 265 g/mol. The van der Waals surface area contributed by atoms with Gasteiger partial charge in [-0.1, -0.05) is 12.1 Å². The van der Waals surface area contributed by atoms with Gasteiger partial charge in [0.05, 0.1) is 6.61 Å². The number of aryl methyl sites for hydroxylation is 2. The highest BCUT2D eigenvalue weighted by molar-refractivity contribution is 5.78. The minimum absolute atomic E-state index is 0.00245. The Labute approximate surface area is 115 Å². The van der Waals surface area contributed by atoms with Gasteiger partial charge in [-0.15, -0.1) is 0 Å². The summed E-state index contributed by atoms with van der Waals surface area (Å²) in [5, 5.41) is 8.97. The van der Waals surface area contributed by atoms with Gasteiger partial charge in [0.2, 0.25) is 0 Å². The van der Waals surface area contributed by atoms with E-state index in [0.717, 1.165) is 16.9 Å². The number of hydrogen-bond donors (Lipinski definition) is 1. The van der Waals surface area contributed by atoms with Crippen LogP contribution in [0.4, 0.5) is 0 Å². The normalized spacial score (nSPS) is 10.6. The summed E-state index contributed by atoms with van der Waals surface area (Å²) in [5.41, 5.74) is 2.11. The number of ether oxygens (including phenoxy) is 1. The third-order valence-electron chi connectivity index (χ3n) is 2.98. The molecule has 0 spiro atoms. The fraction of sp³-hybridized carbons (Fsp3) is 0.533. The van der Waals surface area contributed by atoms with Crippen molar-refractivity contribution >= 4 is 5.91 Å². The van der Waals surface area contributed by atoms with E-state index in [0.29, 0.717) is 6.54 Å². The molecule has 1 amide bonds. The smallest absolute Gasteiger partial charge is 0.260 e. The van der Waals surface area contributed by atoms with Crippen molar-refractivity contribution in [1.82, 2.24) is 4.90 Å². The molecule has 1 aromatic carbocycles. The number of carbonyl (C=O) groups excluding carboxylic acids is 1. The van der Waals surface area contributed by atoms with Crippen LogP contribution in [0.15, 0.2) is 18.2 Å². The zero-order valence-corrected chi connectivity index (χ0v) is 12.1. The Kier molecular flexibility index (Phi) is 5.83. The third-order valence-corrected chi connectivity index (χ3v) is 2.98. The average Bonchev–Trinajstić information content (AvgIpc) is 2.36. The van der Waals surface area contributed by atoms with Crippen LogP contribution in [0, 0.1) is 13.8 Å². The van der Waals surface area contributed by atoms with E-state index < -0.39 is 0 Å². The van der Waals surface area contributed by atoms with E-state index in [1.54, 1.807) is 4.90 Å². The van der Waals surface area contributed by atoms with Gasteiger partial charge in [-0.05, 0) is 44.9 Å². The summed E-state index contributed by atoms with van der Waals surface area (Å²) < 4.78 is 5.58. The Hall–Kier alpha value is -1.55. The van der Waals surface area contributed by atoms with Gasteiger partial charge in [0.1, 0.15) is 5.75 Å². The van der Waals surface area contributed by atoms with Crippen molar-refractivity contribution in [3.05, 3.63) is 29.3 Å². The number of aliphatic hydroxyl groups excluding tert-OH is 1. The molecule has 0 saturated heterocycles. The first-order chi connectivity index (χ1) is 8.95. The highest BCUT2D eigenvalue weighted by Gasteiger charge is 2.17. The fourth-order valence-corrected chi connectivity index (χ4v) is 1.86. The zero-order valence-electron chi connectivity index (χ0n) is 12.1. The van der Waals surface area contributed by atoms with Gasteiger partial charge in [-0.2, -0.15) is 0 Å². The van der Waals surface area contributed by atoms with Crippen LogP contribution in [0.25, 0.3) is 0 Å². The van der Waals surface area contributed by atoms with Crippen molar-refractivity contribution in [3.8, 4) is 5.75 Å². The second kappa shape index (κ2) is 7.14. The number of carbonyl (C=O) groups is 1. The minimum atomic E-state index is -0.107. The van der Waals surface area contributed by atoms with E-state index in [4.69, 9.17) is 9.84 Å². The quantitative estimate of drug-likeness (QED) is 0.855. The molecule has 0 radical (unpaired) electrons. The maximum Gasteiger partial charge on any atom is 0.260 e. The fourth-order valence-electron chi connectivity index (χ4n) is 1.86. The number of nitrogens with zero attached hydrogens (tertiary/aromatic N) is 1. The first kappa shape index (κ1) is 15.5. The van der Waals surface area contributed by atoms with Crippen LogP contribution in [0.2, 0.25) is 0 Å². The predicted molar refractivity (Wildman–Crippen MR) is 75.3 cm³/mol. The maximum atomic E-state index is 12.0. The SMILES string of the molecule is Cc1ccc(C)c(OCC(=O)N(CCO)C(C)C)c1. The van der Waals surface area contributed by atoms with E-state index in [9.17, 15) is 4.79 Å². The number of benzene rings is 1. The van der Waals surface area contributed by atoms with Gasteiger partial charge in [0, 0.05) is 12.6 Å². The molecule has 4 nitrogen and oxygen atoms in total. The standard InChI is InChI=1S/C15H23NO3/c1-11(2)16(7-8-17)15(18)10-19-14-9-12(3)5-6-13(14)4/h5-6,9,11,17H,7-8,10H2,1-4H3. The number of hydrogen-bond acceptors (Lipinski definition) is 3. The van der Waals surface area contributed by atoms with Gasteiger partial charge in [-0.3, -0.25) is 4.79 Å². The Morgan fingerprint density at radius 3 is 2.63 bits per heavy atom. The average molecular weight is 265 g/mol. The second-order valence-corrected chi connectivity index (χ2v) is 4.96. The Balaban J connectivity index is 2.64. The van der Waals surface area contributed by atoms with Crippen molar-refractivity contribution in [2.75, 3.05) is 19.8 Å². The summed E-state index contributed by atoms with van der Waals surface area (Å²) in [6.07, 6.45) is 0. The summed E-state index contributed by atoms with van der Waals surface area (Å²) in [6, 6.07) is 5.97. The number of rotatable bonds is 6. The first-order valence-electron chi connectivity index (χ1n) is 6.56. The van der Waals surface area contributed by atoms with Crippen LogP contribution in [0.1, 0.15) is 25.0 Å². The Morgan fingerprint density at radius 1 is 1.37 bits per heavy atom. The van der Waals surface area contributed by atoms with Gasteiger partial charge in [-0.25, -0.2) is 0 Å². The highest BCUT2D eigenvalue weighted by atomic mass is 16.5. The van der Waals surface area contributed by atoms with Gasteiger partial charge in [0.25, 0.3) is 5.91 Å². The molecule has 0 aliphatic heterocycles. The molecule has 0 aromatic heterocycles. The molecule has 1 N–H and O–H groups in total. The molecule has 106 valence electrons. The lowest BCUT2D eigenvalue weighted by Gasteiger charge is -2.26. The lowest BCUT2D eigenvalue weighted by Crippen LogP contribution is -2.41. The third kappa shape index (κ3) is 4.56. The Morgan fingerprint density at radius 2 is 2.05 bits per heavy atom. The van der Waals surface area contributed by atoms with Crippen LogP contribution >= 0.6 is 0 Å². The van der Waals surface area contributed by atoms with Crippen molar-refractivity contribution in [2.24, 2.45) is 0 Å². The Bertz CT molecular complexity index is 429. The molecule has 0 saturated carbocycles. The van der Waals surface area contributed by atoms with E-state index in [1.165, 1.54) is 0 Å². The molecule has 0 fully saturated rings. The molecule has 0 heterocycles. The lowest BCUT2D eigenvalue weighted by molar-refractivity contribution is -0.135. The topological polar surface area (TPSA) is 49.8 Å². The highest BCUT2D eigenvalue weighted by Crippen LogP contribution is 2.19. The lowest BCUT2D eigenvalue weighted by atomic mass is 10.1. The summed E-state index contributed by atoms with van der Waals surface area (Å²) in [4.78, 5) is 13.7. The summed E-state index contributed by atoms with van der Waals surface area (Å²) in [7, 11) is 0. The molecule has 0 atom stereocenters. The first-order valence-corrected chi connectivity index (χ1v) is 6.56. The van der Waals surface area contributed by atoms with E-state index >= 15 is 0 Å². The predicted octanol–water partition coefficient (Wildman–Crippen LogP) is 1.91. The van der Waals surface area contributed by atoms with Crippen molar-refractivity contribution in [2.45, 2.75) is 33.7 Å². The molecule has 4 heteroatoms. The molecule has 0 aliphatic rings. The largest absolute Gasteiger partial charge is 0.483 e. The summed E-state index contributed by atoms with van der Waals surface area (Å²) >= 11 is 0. The summed E-state index contributed by atoms with van der Waals surface area (Å²) in [5.74, 6) is 0.631. The van der Waals surface area contributed by atoms with Crippen LogP contribution < -0.4 is 4.74 Å². The zero-order chi connectivity index (χ0) is 14.4. The second-order valence-electron chi connectivity index (χ2n) is 4.96. The van der Waals surface area contributed by atoms with Crippen molar-refractivity contribution in [1.29, 1.82) is 0 Å². The van der Waals surface area contributed by atoms with Crippen molar-refractivity contribution < 1.29 is 14.6 Å². The van der Waals surface area contributed by atoms with Gasteiger partial charge in [0.15, 0.2) is 6.61 Å². The molecule has 0 aliphatic carbocycles. The van der Waals surface area contributed by atoms with E-state index in [-0.39, 0.29) is 25.2 Å². The molecule has 1 aromatic rings.